The summed E-state index contributed by atoms with van der Waals surface area (Å²) in [4.78, 5) is 13.2. The number of hydrogen-bond acceptors (Lipinski definition) is 1. The molecule has 0 spiro atoms. The summed E-state index contributed by atoms with van der Waals surface area (Å²) >= 11 is 3.26. The number of rotatable bonds is 4. The van der Waals surface area contributed by atoms with Crippen molar-refractivity contribution in [3.05, 3.63) is 0 Å². The van der Waals surface area contributed by atoms with Crippen LogP contribution in [0.15, 0.2) is 0 Å². The van der Waals surface area contributed by atoms with E-state index in [1.165, 1.54) is 0 Å². The van der Waals surface area contributed by atoms with Gasteiger partial charge in [0.1, 0.15) is 0 Å². The van der Waals surface area contributed by atoms with Crippen LogP contribution in [0.4, 0.5) is 0 Å². The van der Waals surface area contributed by atoms with Crippen LogP contribution < -0.4 is 0 Å². The molecule has 0 rings (SSSR count). The van der Waals surface area contributed by atoms with Gasteiger partial charge < -0.3 is 4.90 Å². The van der Waals surface area contributed by atoms with E-state index in [4.69, 9.17) is 0 Å². The molecule has 0 aromatic carbocycles. The van der Waals surface area contributed by atoms with Gasteiger partial charge in [-0.1, -0.05) is 22.9 Å². The van der Waals surface area contributed by atoms with Crippen LogP contribution in [0.25, 0.3) is 0 Å². The fourth-order valence-corrected chi connectivity index (χ4v) is 1.24. The lowest BCUT2D eigenvalue weighted by Gasteiger charge is -2.21. The van der Waals surface area contributed by atoms with Gasteiger partial charge in [0, 0.05) is 13.1 Å². The van der Waals surface area contributed by atoms with E-state index in [2.05, 4.69) is 22.9 Å². The van der Waals surface area contributed by atoms with Crippen LogP contribution in [0.2, 0.25) is 0 Å². The van der Waals surface area contributed by atoms with Crippen LogP contribution in [-0.4, -0.2) is 28.7 Å². The zero-order valence-corrected chi connectivity index (χ0v) is 9.02. The molecule has 0 bridgehead atoms. The van der Waals surface area contributed by atoms with E-state index in [1.807, 2.05) is 18.7 Å². The molecule has 0 aliphatic heterocycles. The molecule has 0 fully saturated rings. The molecule has 1 amide bonds. The number of nitrogens with zero attached hydrogens (tertiary/aromatic N) is 1. The number of amides is 1. The molecule has 0 saturated heterocycles. The summed E-state index contributed by atoms with van der Waals surface area (Å²) < 4.78 is 0. The Morgan fingerprint density at radius 1 is 1.55 bits per heavy atom. The SMILES string of the molecule is CCCN(CC)C(=O)C(C)Br. The third-order valence-electron chi connectivity index (χ3n) is 1.53. The first-order chi connectivity index (χ1) is 5.13. The minimum atomic E-state index is -0.0472. The lowest BCUT2D eigenvalue weighted by Crippen LogP contribution is -2.35. The highest BCUT2D eigenvalue weighted by atomic mass is 79.9. The molecular formula is C8H16BrNO. The highest BCUT2D eigenvalue weighted by molar-refractivity contribution is 9.10. The van der Waals surface area contributed by atoms with E-state index in [0.29, 0.717) is 0 Å². The topological polar surface area (TPSA) is 20.3 Å². The summed E-state index contributed by atoms with van der Waals surface area (Å²) in [7, 11) is 0. The minimum Gasteiger partial charge on any atom is -0.342 e. The van der Waals surface area contributed by atoms with Crippen LogP contribution in [0.1, 0.15) is 27.2 Å². The molecule has 1 atom stereocenters. The zero-order valence-electron chi connectivity index (χ0n) is 7.43. The largest absolute Gasteiger partial charge is 0.342 e. The molecule has 0 saturated carbocycles. The summed E-state index contributed by atoms with van der Waals surface area (Å²) in [5, 5.41) is 0. The molecule has 3 heteroatoms. The Bertz CT molecular complexity index is 125. The van der Waals surface area contributed by atoms with E-state index in [0.717, 1.165) is 19.5 Å². The van der Waals surface area contributed by atoms with Gasteiger partial charge in [-0.15, -0.1) is 0 Å². The Morgan fingerprint density at radius 2 is 2.09 bits per heavy atom. The van der Waals surface area contributed by atoms with Gasteiger partial charge in [0.25, 0.3) is 0 Å². The van der Waals surface area contributed by atoms with Crippen molar-refractivity contribution in [1.29, 1.82) is 0 Å². The fourth-order valence-electron chi connectivity index (χ4n) is 0.946. The zero-order chi connectivity index (χ0) is 8.85. The predicted octanol–water partition coefficient (Wildman–Crippen LogP) is 2.03. The molecule has 11 heavy (non-hydrogen) atoms. The second-order valence-corrected chi connectivity index (χ2v) is 3.91. The van der Waals surface area contributed by atoms with Gasteiger partial charge in [-0.05, 0) is 20.3 Å². The van der Waals surface area contributed by atoms with Gasteiger partial charge in [0.2, 0.25) is 5.91 Å². The molecule has 2 nitrogen and oxygen atoms in total. The van der Waals surface area contributed by atoms with Crippen LogP contribution in [0.3, 0.4) is 0 Å². The predicted molar refractivity (Wildman–Crippen MR) is 50.9 cm³/mol. The van der Waals surface area contributed by atoms with Crippen molar-refractivity contribution in [3.63, 3.8) is 0 Å². The maximum atomic E-state index is 11.3. The molecule has 0 aliphatic carbocycles. The first-order valence-corrected chi connectivity index (χ1v) is 4.97. The van der Waals surface area contributed by atoms with E-state index in [-0.39, 0.29) is 10.7 Å². The summed E-state index contributed by atoms with van der Waals surface area (Å²) in [5.41, 5.74) is 0. The normalized spacial score (nSPS) is 12.7. The first-order valence-electron chi connectivity index (χ1n) is 4.06. The van der Waals surface area contributed by atoms with E-state index in [9.17, 15) is 4.79 Å². The lowest BCUT2D eigenvalue weighted by molar-refractivity contribution is -0.130. The van der Waals surface area contributed by atoms with Crippen LogP contribution in [0.5, 0.6) is 0 Å². The first kappa shape index (κ1) is 11.0. The Kier molecular flexibility index (Phi) is 5.56. The van der Waals surface area contributed by atoms with E-state index >= 15 is 0 Å². The van der Waals surface area contributed by atoms with Crippen molar-refractivity contribution in [2.24, 2.45) is 0 Å². The molecular weight excluding hydrogens is 206 g/mol. The molecule has 0 radical (unpaired) electrons. The summed E-state index contributed by atoms with van der Waals surface area (Å²) in [6.07, 6.45) is 1.03. The average molecular weight is 222 g/mol. The smallest absolute Gasteiger partial charge is 0.236 e. The molecule has 0 heterocycles. The van der Waals surface area contributed by atoms with Gasteiger partial charge in [-0.3, -0.25) is 4.79 Å². The summed E-state index contributed by atoms with van der Waals surface area (Å²) in [5.74, 6) is 0.189. The van der Waals surface area contributed by atoms with Crippen LogP contribution in [-0.2, 0) is 4.79 Å². The maximum absolute atomic E-state index is 11.3. The molecule has 66 valence electrons. The third-order valence-corrected chi connectivity index (χ3v) is 1.92. The van der Waals surface area contributed by atoms with E-state index in [1.54, 1.807) is 0 Å². The quantitative estimate of drug-likeness (QED) is 0.666. The summed E-state index contributed by atoms with van der Waals surface area (Å²) in [6, 6.07) is 0. The molecule has 0 aromatic rings. The van der Waals surface area contributed by atoms with Crippen LogP contribution >= 0.6 is 15.9 Å². The highest BCUT2D eigenvalue weighted by Crippen LogP contribution is 2.04. The van der Waals surface area contributed by atoms with Crippen molar-refractivity contribution < 1.29 is 4.79 Å². The van der Waals surface area contributed by atoms with Crippen molar-refractivity contribution in [3.8, 4) is 0 Å². The number of hydrogen-bond donors (Lipinski definition) is 0. The average Bonchev–Trinajstić information content (AvgIpc) is 1.98. The van der Waals surface area contributed by atoms with Gasteiger partial charge >= 0.3 is 0 Å². The van der Waals surface area contributed by atoms with Crippen molar-refractivity contribution in [2.45, 2.75) is 32.0 Å². The maximum Gasteiger partial charge on any atom is 0.236 e. The standard InChI is InChI=1S/C8H16BrNO/c1-4-6-10(5-2)8(11)7(3)9/h7H,4-6H2,1-3H3. The number of halogens is 1. The van der Waals surface area contributed by atoms with Gasteiger partial charge in [-0.2, -0.15) is 0 Å². The molecule has 1 unspecified atom stereocenters. The lowest BCUT2D eigenvalue weighted by atomic mass is 10.3. The van der Waals surface area contributed by atoms with E-state index < -0.39 is 0 Å². The minimum absolute atomic E-state index is 0.0472. The Labute approximate surface area is 77.1 Å². The Balaban J connectivity index is 3.92. The number of carbonyl (C=O) groups excluding carboxylic acids is 1. The second kappa shape index (κ2) is 5.58. The van der Waals surface area contributed by atoms with Crippen LogP contribution in [0, 0.1) is 0 Å². The molecule has 0 aromatic heterocycles. The van der Waals surface area contributed by atoms with Crippen molar-refractivity contribution in [1.82, 2.24) is 4.90 Å². The Hall–Kier alpha value is -0.0500. The molecule has 0 aliphatic rings. The van der Waals surface area contributed by atoms with Crippen molar-refractivity contribution >= 4 is 21.8 Å². The van der Waals surface area contributed by atoms with Gasteiger partial charge in [0.05, 0.1) is 4.83 Å². The van der Waals surface area contributed by atoms with Gasteiger partial charge in [-0.25, -0.2) is 0 Å². The fraction of sp³-hybridized carbons (Fsp3) is 0.875. The van der Waals surface area contributed by atoms with Crippen molar-refractivity contribution in [2.75, 3.05) is 13.1 Å². The second-order valence-electron chi connectivity index (χ2n) is 2.53. The monoisotopic (exact) mass is 221 g/mol. The number of carbonyl (C=O) groups is 1. The molecule has 0 N–H and O–H groups in total. The third kappa shape index (κ3) is 3.75. The highest BCUT2D eigenvalue weighted by Gasteiger charge is 2.14. The Morgan fingerprint density at radius 3 is 2.36 bits per heavy atom. The number of alkyl halides is 1. The van der Waals surface area contributed by atoms with Gasteiger partial charge in [0.15, 0.2) is 0 Å². The summed E-state index contributed by atoms with van der Waals surface area (Å²) in [6.45, 7) is 7.62.